The topological polar surface area (TPSA) is 92.1 Å². The second-order valence-corrected chi connectivity index (χ2v) is 7.19. The third kappa shape index (κ3) is 4.63. The van der Waals surface area contributed by atoms with Crippen molar-refractivity contribution in [1.82, 2.24) is 15.1 Å². The summed E-state index contributed by atoms with van der Waals surface area (Å²) in [6, 6.07) is 11.9. The number of thioether (sulfide) groups is 1. The maximum Gasteiger partial charge on any atom is 0.269 e. The number of rotatable bonds is 6. The molecular formula is C18H22N4O2S. The lowest BCUT2D eigenvalue weighted by molar-refractivity contribution is -0.129. The molecule has 3 N–H and O–H groups in total. The molecule has 0 bridgehead atoms. The van der Waals surface area contributed by atoms with Crippen LogP contribution in [0.3, 0.4) is 0 Å². The SMILES string of the molecule is NC(=O)c1cc(C2CCN(C(=O)CSCc3ccccc3)CC2)[nH]n1. The predicted molar refractivity (Wildman–Crippen MR) is 98.3 cm³/mol. The third-order valence-electron chi connectivity index (χ3n) is 4.47. The number of likely N-dealkylation sites (tertiary alicyclic amines) is 1. The first-order valence-corrected chi connectivity index (χ1v) is 9.53. The van der Waals surface area contributed by atoms with Gasteiger partial charge >= 0.3 is 0 Å². The first kappa shape index (κ1) is 17.5. The minimum Gasteiger partial charge on any atom is -0.364 e. The molecule has 1 aliphatic rings. The number of primary amides is 1. The normalized spacial score (nSPS) is 15.3. The van der Waals surface area contributed by atoms with Crippen molar-refractivity contribution in [2.45, 2.75) is 24.5 Å². The Hall–Kier alpha value is -2.28. The van der Waals surface area contributed by atoms with Crippen LogP contribution in [0.2, 0.25) is 0 Å². The van der Waals surface area contributed by atoms with Gasteiger partial charge in [0, 0.05) is 30.5 Å². The first-order chi connectivity index (χ1) is 12.1. The molecule has 3 rings (SSSR count). The highest BCUT2D eigenvalue weighted by molar-refractivity contribution is 7.99. The summed E-state index contributed by atoms with van der Waals surface area (Å²) < 4.78 is 0. The summed E-state index contributed by atoms with van der Waals surface area (Å²) in [6.07, 6.45) is 1.74. The van der Waals surface area contributed by atoms with E-state index in [1.807, 2.05) is 23.1 Å². The van der Waals surface area contributed by atoms with Crippen molar-refractivity contribution in [1.29, 1.82) is 0 Å². The fourth-order valence-corrected chi connectivity index (χ4v) is 3.92. The highest BCUT2D eigenvalue weighted by Gasteiger charge is 2.25. The van der Waals surface area contributed by atoms with Crippen molar-refractivity contribution in [2.75, 3.05) is 18.8 Å². The zero-order valence-electron chi connectivity index (χ0n) is 14.0. The lowest BCUT2D eigenvalue weighted by atomic mass is 9.93. The maximum absolute atomic E-state index is 12.3. The van der Waals surface area contributed by atoms with Crippen LogP contribution in [0.25, 0.3) is 0 Å². The monoisotopic (exact) mass is 358 g/mol. The highest BCUT2D eigenvalue weighted by atomic mass is 32.2. The van der Waals surface area contributed by atoms with E-state index in [4.69, 9.17) is 5.73 Å². The van der Waals surface area contributed by atoms with E-state index in [2.05, 4.69) is 22.3 Å². The van der Waals surface area contributed by atoms with Gasteiger partial charge in [-0.2, -0.15) is 5.10 Å². The molecule has 1 aromatic heterocycles. The smallest absolute Gasteiger partial charge is 0.269 e. The largest absolute Gasteiger partial charge is 0.364 e. The fraction of sp³-hybridized carbons (Fsp3) is 0.389. The average molecular weight is 358 g/mol. The van der Waals surface area contributed by atoms with Crippen LogP contribution in [0.4, 0.5) is 0 Å². The average Bonchev–Trinajstić information content (AvgIpc) is 3.13. The van der Waals surface area contributed by atoms with Gasteiger partial charge < -0.3 is 10.6 Å². The number of nitrogens with zero attached hydrogens (tertiary/aromatic N) is 2. The molecule has 25 heavy (non-hydrogen) atoms. The van der Waals surface area contributed by atoms with Crippen LogP contribution in [0.1, 0.15) is 40.5 Å². The van der Waals surface area contributed by atoms with E-state index in [-0.39, 0.29) is 11.6 Å². The van der Waals surface area contributed by atoms with Gasteiger partial charge in [0.05, 0.1) is 5.75 Å². The van der Waals surface area contributed by atoms with Crippen molar-refractivity contribution >= 4 is 23.6 Å². The number of nitrogens with one attached hydrogen (secondary N) is 1. The molecule has 1 aliphatic heterocycles. The summed E-state index contributed by atoms with van der Waals surface area (Å²) in [5.74, 6) is 1.33. The molecule has 132 valence electrons. The molecule has 0 unspecified atom stereocenters. The van der Waals surface area contributed by atoms with Crippen molar-refractivity contribution in [3.63, 3.8) is 0 Å². The summed E-state index contributed by atoms with van der Waals surface area (Å²) in [5, 5.41) is 6.83. The summed E-state index contributed by atoms with van der Waals surface area (Å²) in [5.41, 5.74) is 7.67. The Labute approximate surface area is 151 Å². The van der Waals surface area contributed by atoms with Gasteiger partial charge in [0.2, 0.25) is 5.91 Å². The van der Waals surface area contributed by atoms with E-state index in [1.54, 1.807) is 17.8 Å². The Morgan fingerprint density at radius 2 is 1.96 bits per heavy atom. The minimum atomic E-state index is -0.523. The number of carbonyl (C=O) groups excluding carboxylic acids is 2. The summed E-state index contributed by atoms with van der Waals surface area (Å²) >= 11 is 1.65. The number of aromatic nitrogens is 2. The highest BCUT2D eigenvalue weighted by Crippen LogP contribution is 2.27. The number of H-pyrrole nitrogens is 1. The Balaban J connectivity index is 1.43. The zero-order valence-corrected chi connectivity index (χ0v) is 14.8. The van der Waals surface area contributed by atoms with Crippen molar-refractivity contribution in [3.05, 3.63) is 53.3 Å². The second-order valence-electron chi connectivity index (χ2n) is 6.21. The van der Waals surface area contributed by atoms with Gasteiger partial charge in [-0.1, -0.05) is 30.3 Å². The van der Waals surface area contributed by atoms with Crippen molar-refractivity contribution < 1.29 is 9.59 Å². The molecule has 0 aliphatic carbocycles. The first-order valence-electron chi connectivity index (χ1n) is 8.38. The predicted octanol–water partition coefficient (Wildman–Crippen LogP) is 2.15. The van der Waals surface area contributed by atoms with Crippen molar-refractivity contribution in [3.8, 4) is 0 Å². The van der Waals surface area contributed by atoms with Gasteiger partial charge in [0.25, 0.3) is 5.91 Å². The Bertz CT molecular complexity index is 724. The quantitative estimate of drug-likeness (QED) is 0.827. The van der Waals surface area contributed by atoms with Gasteiger partial charge in [-0.05, 0) is 24.5 Å². The molecule has 0 radical (unpaired) electrons. The van der Waals surface area contributed by atoms with Gasteiger partial charge in [-0.15, -0.1) is 11.8 Å². The molecule has 0 atom stereocenters. The van der Waals surface area contributed by atoms with Gasteiger partial charge in [0.15, 0.2) is 0 Å². The van der Waals surface area contributed by atoms with Crippen LogP contribution in [-0.4, -0.2) is 45.8 Å². The lowest BCUT2D eigenvalue weighted by Gasteiger charge is -2.31. The van der Waals surface area contributed by atoms with E-state index in [0.717, 1.165) is 37.4 Å². The third-order valence-corrected chi connectivity index (χ3v) is 5.46. The molecule has 2 amide bonds. The molecule has 1 aromatic carbocycles. The number of amides is 2. The van der Waals surface area contributed by atoms with Crippen LogP contribution in [0, 0.1) is 0 Å². The zero-order chi connectivity index (χ0) is 17.6. The summed E-state index contributed by atoms with van der Waals surface area (Å²) in [7, 11) is 0. The molecule has 2 aromatic rings. The summed E-state index contributed by atoms with van der Waals surface area (Å²) in [4.78, 5) is 25.4. The Kier molecular flexibility index (Phi) is 5.75. The molecule has 0 spiro atoms. The second kappa shape index (κ2) is 8.20. The van der Waals surface area contributed by atoms with Crippen LogP contribution < -0.4 is 5.73 Å². The fourth-order valence-electron chi connectivity index (χ4n) is 3.03. The van der Waals surface area contributed by atoms with E-state index >= 15 is 0 Å². The number of hydrogen-bond donors (Lipinski definition) is 2. The van der Waals surface area contributed by atoms with E-state index in [0.29, 0.717) is 11.7 Å². The van der Waals surface area contributed by atoms with Crippen LogP contribution in [0.5, 0.6) is 0 Å². The Morgan fingerprint density at radius 1 is 1.24 bits per heavy atom. The summed E-state index contributed by atoms with van der Waals surface area (Å²) in [6.45, 7) is 1.47. The lowest BCUT2D eigenvalue weighted by Crippen LogP contribution is -2.39. The van der Waals surface area contributed by atoms with E-state index in [9.17, 15) is 9.59 Å². The number of carbonyl (C=O) groups is 2. The maximum atomic E-state index is 12.3. The van der Waals surface area contributed by atoms with Crippen LogP contribution in [0.15, 0.2) is 36.4 Å². The molecule has 1 saturated heterocycles. The molecular weight excluding hydrogens is 336 g/mol. The molecule has 6 nitrogen and oxygen atoms in total. The van der Waals surface area contributed by atoms with E-state index < -0.39 is 5.91 Å². The molecule has 0 saturated carbocycles. The minimum absolute atomic E-state index is 0.196. The standard InChI is InChI=1S/C18H22N4O2S/c19-18(24)16-10-15(20-21-16)14-6-8-22(9-7-14)17(23)12-25-11-13-4-2-1-3-5-13/h1-5,10,14H,6-9,11-12H2,(H2,19,24)(H,20,21). The molecule has 7 heteroatoms. The number of piperidine rings is 1. The molecule has 1 fully saturated rings. The van der Waals surface area contributed by atoms with Crippen LogP contribution >= 0.6 is 11.8 Å². The number of hydrogen-bond acceptors (Lipinski definition) is 4. The Morgan fingerprint density at radius 3 is 2.60 bits per heavy atom. The van der Waals surface area contributed by atoms with E-state index in [1.165, 1.54) is 5.56 Å². The number of nitrogens with two attached hydrogens (primary N) is 1. The molecule has 2 heterocycles. The van der Waals surface area contributed by atoms with Gasteiger partial charge in [-0.25, -0.2) is 0 Å². The van der Waals surface area contributed by atoms with Crippen LogP contribution in [-0.2, 0) is 10.5 Å². The van der Waals surface area contributed by atoms with Crippen molar-refractivity contribution in [2.24, 2.45) is 5.73 Å². The number of benzene rings is 1. The van der Waals surface area contributed by atoms with Gasteiger partial charge in [0.1, 0.15) is 5.69 Å². The number of aromatic amines is 1. The van der Waals surface area contributed by atoms with Gasteiger partial charge in [-0.3, -0.25) is 14.7 Å².